The van der Waals surface area contributed by atoms with Crippen LogP contribution in [0.5, 0.6) is 5.75 Å². The molecule has 0 unspecified atom stereocenters. The Hall–Kier alpha value is -1.90. The first-order valence-corrected chi connectivity index (χ1v) is 8.68. The van der Waals surface area contributed by atoms with Gasteiger partial charge in [-0.05, 0) is 36.6 Å². The van der Waals surface area contributed by atoms with Gasteiger partial charge >= 0.3 is 5.97 Å². The number of rotatable bonds is 6. The number of carboxylic acids is 1. The predicted molar refractivity (Wildman–Crippen MR) is 83.0 cm³/mol. The molecule has 118 valence electrons. The normalized spacial score (nSPS) is 12.8. The van der Waals surface area contributed by atoms with Crippen LogP contribution >= 0.6 is 11.3 Å². The maximum atomic E-state index is 12.5. The van der Waals surface area contributed by atoms with Gasteiger partial charge in [-0.2, -0.15) is 0 Å². The minimum Gasteiger partial charge on any atom is -0.495 e. The summed E-state index contributed by atoms with van der Waals surface area (Å²) < 4.78 is 32.6. The summed E-state index contributed by atoms with van der Waals surface area (Å²) in [4.78, 5) is 11.7. The van der Waals surface area contributed by atoms with Gasteiger partial charge in [0.15, 0.2) is 0 Å². The highest BCUT2D eigenvalue weighted by Gasteiger charge is 2.24. The van der Waals surface area contributed by atoms with E-state index in [2.05, 4.69) is 4.72 Å². The molecule has 2 aromatic rings. The molecule has 2 N–H and O–H groups in total. The lowest BCUT2D eigenvalue weighted by Gasteiger charge is -2.15. The standard InChI is InChI=1S/C14H15NO5S2/c1-9(12-4-3-7-21-12)15-22(18,19)13-8-10(14(16)17)5-6-11(13)20-2/h3-9,15H,1-2H3,(H,16,17)/t9-/m0/s1. The fourth-order valence-corrected chi connectivity index (χ4v) is 4.14. The lowest BCUT2D eigenvalue weighted by molar-refractivity contribution is 0.0696. The van der Waals surface area contributed by atoms with Gasteiger partial charge in [0, 0.05) is 4.88 Å². The van der Waals surface area contributed by atoms with Gasteiger partial charge in [0.05, 0.1) is 18.7 Å². The topological polar surface area (TPSA) is 92.7 Å². The minimum atomic E-state index is -3.92. The zero-order valence-corrected chi connectivity index (χ0v) is 13.6. The third-order valence-corrected chi connectivity index (χ3v) is 5.62. The second kappa shape index (κ2) is 6.47. The van der Waals surface area contributed by atoms with Gasteiger partial charge in [-0.3, -0.25) is 0 Å². The average Bonchev–Trinajstić information content (AvgIpc) is 3.00. The summed E-state index contributed by atoms with van der Waals surface area (Å²) >= 11 is 1.43. The van der Waals surface area contributed by atoms with Crippen molar-refractivity contribution in [3.05, 3.63) is 46.2 Å². The number of carboxylic acid groups (broad SMARTS) is 1. The Balaban J connectivity index is 2.39. The van der Waals surface area contributed by atoms with Gasteiger partial charge in [0.2, 0.25) is 10.0 Å². The van der Waals surface area contributed by atoms with E-state index < -0.39 is 22.0 Å². The quantitative estimate of drug-likeness (QED) is 0.842. The lowest BCUT2D eigenvalue weighted by Crippen LogP contribution is -2.27. The minimum absolute atomic E-state index is 0.0934. The van der Waals surface area contributed by atoms with Gasteiger partial charge in [0.25, 0.3) is 0 Å². The molecule has 1 heterocycles. The molecule has 0 spiro atoms. The molecule has 0 bridgehead atoms. The summed E-state index contributed by atoms with van der Waals surface area (Å²) in [5, 5.41) is 10.9. The lowest BCUT2D eigenvalue weighted by atomic mass is 10.2. The molecule has 0 radical (unpaired) electrons. The molecule has 2 rings (SSSR count). The van der Waals surface area contributed by atoms with Crippen LogP contribution in [0.4, 0.5) is 0 Å². The smallest absolute Gasteiger partial charge is 0.335 e. The zero-order valence-electron chi connectivity index (χ0n) is 11.9. The van der Waals surface area contributed by atoms with E-state index in [1.54, 1.807) is 6.92 Å². The SMILES string of the molecule is COc1ccc(C(=O)O)cc1S(=O)(=O)N[C@@H](C)c1cccs1. The van der Waals surface area contributed by atoms with Crippen LogP contribution in [-0.2, 0) is 10.0 Å². The molecule has 0 fully saturated rings. The van der Waals surface area contributed by atoms with Crippen molar-refractivity contribution < 1.29 is 23.1 Å². The van der Waals surface area contributed by atoms with Gasteiger partial charge in [-0.1, -0.05) is 6.07 Å². The Bertz CT molecular complexity index is 769. The fourth-order valence-electron chi connectivity index (χ4n) is 1.91. The molecule has 8 heteroatoms. The van der Waals surface area contributed by atoms with Crippen molar-refractivity contribution >= 4 is 27.3 Å². The maximum Gasteiger partial charge on any atom is 0.335 e. The van der Waals surface area contributed by atoms with E-state index in [0.717, 1.165) is 10.9 Å². The number of benzene rings is 1. The highest BCUT2D eigenvalue weighted by Crippen LogP contribution is 2.27. The van der Waals surface area contributed by atoms with Crippen LogP contribution in [0.25, 0.3) is 0 Å². The molecule has 0 aliphatic carbocycles. The Kier molecular flexibility index (Phi) is 4.84. The molecular weight excluding hydrogens is 326 g/mol. The van der Waals surface area contributed by atoms with Crippen molar-refractivity contribution in [3.8, 4) is 5.75 Å². The largest absolute Gasteiger partial charge is 0.495 e. The summed E-state index contributed by atoms with van der Waals surface area (Å²) in [5.74, 6) is -1.11. The second-order valence-electron chi connectivity index (χ2n) is 4.53. The number of methoxy groups -OCH3 is 1. The van der Waals surface area contributed by atoms with Crippen LogP contribution in [-0.4, -0.2) is 26.6 Å². The number of aromatic carboxylic acids is 1. The van der Waals surface area contributed by atoms with E-state index in [1.807, 2.05) is 17.5 Å². The van der Waals surface area contributed by atoms with E-state index in [0.29, 0.717) is 0 Å². The Morgan fingerprint density at radius 1 is 1.36 bits per heavy atom. The first-order chi connectivity index (χ1) is 10.3. The van der Waals surface area contributed by atoms with E-state index in [4.69, 9.17) is 9.84 Å². The molecule has 6 nitrogen and oxygen atoms in total. The van der Waals surface area contributed by atoms with Crippen molar-refractivity contribution in [2.75, 3.05) is 7.11 Å². The van der Waals surface area contributed by atoms with Gasteiger partial charge in [-0.25, -0.2) is 17.9 Å². The summed E-state index contributed by atoms with van der Waals surface area (Å²) in [5.41, 5.74) is -0.120. The molecule has 1 aromatic carbocycles. The zero-order chi connectivity index (χ0) is 16.3. The van der Waals surface area contributed by atoms with Crippen LogP contribution in [0.2, 0.25) is 0 Å². The van der Waals surface area contributed by atoms with Crippen LogP contribution in [0.15, 0.2) is 40.6 Å². The van der Waals surface area contributed by atoms with Crippen LogP contribution in [0, 0.1) is 0 Å². The number of hydrogen-bond acceptors (Lipinski definition) is 5. The summed E-state index contributed by atoms with van der Waals surface area (Å²) in [6.45, 7) is 1.72. The Morgan fingerprint density at radius 3 is 2.64 bits per heavy atom. The number of nitrogens with one attached hydrogen (secondary N) is 1. The monoisotopic (exact) mass is 341 g/mol. The molecule has 1 atom stereocenters. The second-order valence-corrected chi connectivity index (χ2v) is 7.19. The summed E-state index contributed by atoms with van der Waals surface area (Å²) in [6, 6.07) is 6.93. The van der Waals surface area contributed by atoms with Gasteiger partial charge in [-0.15, -0.1) is 11.3 Å². The Morgan fingerprint density at radius 2 is 2.09 bits per heavy atom. The molecule has 0 aliphatic rings. The van der Waals surface area contributed by atoms with Crippen LogP contribution in [0.3, 0.4) is 0 Å². The van der Waals surface area contributed by atoms with E-state index in [-0.39, 0.29) is 16.2 Å². The van der Waals surface area contributed by atoms with Crippen LogP contribution < -0.4 is 9.46 Å². The molecule has 22 heavy (non-hydrogen) atoms. The van der Waals surface area contributed by atoms with Gasteiger partial charge in [0.1, 0.15) is 10.6 Å². The predicted octanol–water partition coefficient (Wildman–Crippen LogP) is 2.49. The van der Waals surface area contributed by atoms with Crippen molar-refractivity contribution in [2.24, 2.45) is 0 Å². The number of carbonyl (C=O) groups is 1. The molecule has 0 amide bonds. The molecular formula is C14H15NO5S2. The summed E-state index contributed by atoms with van der Waals surface area (Å²) in [7, 11) is -2.59. The number of thiophene rings is 1. The van der Waals surface area contributed by atoms with Crippen molar-refractivity contribution in [2.45, 2.75) is 17.9 Å². The van der Waals surface area contributed by atoms with Crippen LogP contribution in [0.1, 0.15) is 28.2 Å². The summed E-state index contributed by atoms with van der Waals surface area (Å²) in [6.07, 6.45) is 0. The third kappa shape index (κ3) is 3.46. The number of hydrogen-bond donors (Lipinski definition) is 2. The van der Waals surface area contributed by atoms with Crippen molar-refractivity contribution in [1.82, 2.24) is 4.72 Å². The average molecular weight is 341 g/mol. The number of sulfonamides is 1. The van der Waals surface area contributed by atoms with E-state index >= 15 is 0 Å². The highest BCUT2D eigenvalue weighted by molar-refractivity contribution is 7.89. The third-order valence-electron chi connectivity index (χ3n) is 3.00. The molecule has 1 aromatic heterocycles. The maximum absolute atomic E-state index is 12.5. The molecule has 0 saturated carbocycles. The molecule has 0 aliphatic heterocycles. The van der Waals surface area contributed by atoms with E-state index in [9.17, 15) is 13.2 Å². The van der Waals surface area contributed by atoms with Gasteiger partial charge < -0.3 is 9.84 Å². The first kappa shape index (κ1) is 16.5. The van der Waals surface area contributed by atoms with Crippen molar-refractivity contribution in [1.29, 1.82) is 0 Å². The Labute approximate surface area is 132 Å². The van der Waals surface area contributed by atoms with Crippen molar-refractivity contribution in [3.63, 3.8) is 0 Å². The fraction of sp³-hybridized carbons (Fsp3) is 0.214. The first-order valence-electron chi connectivity index (χ1n) is 6.32. The van der Waals surface area contributed by atoms with E-state index in [1.165, 1.54) is 30.6 Å². The highest BCUT2D eigenvalue weighted by atomic mass is 32.2. The molecule has 0 saturated heterocycles. The number of ether oxygens (including phenoxy) is 1.